The Hall–Kier alpha value is -2.89. The van der Waals surface area contributed by atoms with E-state index in [1.807, 2.05) is 11.0 Å². The van der Waals surface area contributed by atoms with E-state index in [1.165, 1.54) is 37.2 Å². The molecule has 1 aliphatic heterocycles. The van der Waals surface area contributed by atoms with Crippen molar-refractivity contribution in [2.45, 2.75) is 39.7 Å². The minimum atomic E-state index is -0.395. The van der Waals surface area contributed by atoms with E-state index in [0.29, 0.717) is 43.5 Å². The van der Waals surface area contributed by atoms with Crippen LogP contribution >= 0.6 is 0 Å². The third-order valence-electron chi connectivity index (χ3n) is 6.13. The van der Waals surface area contributed by atoms with Gasteiger partial charge in [-0.25, -0.2) is 4.39 Å². The molecule has 1 aromatic carbocycles. The number of carbonyl (C=O) groups excluding carboxylic acids is 2. The van der Waals surface area contributed by atoms with Crippen LogP contribution in [0.2, 0.25) is 0 Å². The van der Waals surface area contributed by atoms with Crippen molar-refractivity contribution in [3.8, 4) is 0 Å². The number of hydrogen-bond acceptors (Lipinski definition) is 3. The average molecular weight is 410 g/mol. The molecule has 0 radical (unpaired) electrons. The number of rotatable bonds is 5. The first-order valence-corrected chi connectivity index (χ1v) is 10.6. The van der Waals surface area contributed by atoms with E-state index in [1.54, 1.807) is 23.1 Å². The summed E-state index contributed by atoms with van der Waals surface area (Å²) in [6.07, 6.45) is 6.04. The fourth-order valence-electron chi connectivity index (χ4n) is 4.28. The molecular weight excluding hydrogens is 381 g/mol. The lowest BCUT2D eigenvalue weighted by Gasteiger charge is -2.35. The highest BCUT2D eigenvalue weighted by Crippen LogP contribution is 2.38. The van der Waals surface area contributed by atoms with Gasteiger partial charge in [0.25, 0.3) is 0 Å². The molecule has 1 saturated carbocycles. The molecule has 0 atom stereocenters. The molecule has 2 aliphatic rings. The number of anilines is 1. The third-order valence-corrected chi connectivity index (χ3v) is 6.13. The fourth-order valence-corrected chi connectivity index (χ4v) is 4.28. The van der Waals surface area contributed by atoms with Gasteiger partial charge in [0, 0.05) is 55.2 Å². The number of aryl methyl sites for hydroxylation is 1. The van der Waals surface area contributed by atoms with Gasteiger partial charge in [0.1, 0.15) is 5.82 Å². The summed E-state index contributed by atoms with van der Waals surface area (Å²) in [5.41, 5.74) is 4.41. The monoisotopic (exact) mass is 409 g/mol. The molecule has 1 amide bonds. The summed E-state index contributed by atoms with van der Waals surface area (Å²) in [5, 5.41) is 0. The van der Waals surface area contributed by atoms with E-state index in [-0.39, 0.29) is 11.7 Å². The van der Waals surface area contributed by atoms with Gasteiger partial charge >= 0.3 is 0 Å². The number of hydrogen-bond donors (Lipinski definition) is 0. The number of carbonyl (C=O) groups is 2. The largest absolute Gasteiger partial charge is 0.366 e. The van der Waals surface area contributed by atoms with Crippen molar-refractivity contribution >= 4 is 23.5 Å². The lowest BCUT2D eigenvalue weighted by molar-refractivity contribution is -0.126. The Bertz CT molecular complexity index is 1010. The van der Waals surface area contributed by atoms with Crippen molar-refractivity contribution in [3.63, 3.8) is 0 Å². The van der Waals surface area contributed by atoms with Gasteiger partial charge in [0.05, 0.1) is 5.69 Å². The molecular formula is C24H28FN3O2. The summed E-state index contributed by atoms with van der Waals surface area (Å²) < 4.78 is 16.8. The molecule has 2 heterocycles. The minimum absolute atomic E-state index is 0.0155. The zero-order chi connectivity index (χ0) is 21.4. The van der Waals surface area contributed by atoms with Crippen LogP contribution in [0.15, 0.2) is 30.3 Å². The first-order valence-electron chi connectivity index (χ1n) is 10.6. The smallest absolute Gasteiger partial charge is 0.246 e. The third kappa shape index (κ3) is 4.04. The highest BCUT2D eigenvalue weighted by atomic mass is 19.1. The second-order valence-electron chi connectivity index (χ2n) is 8.30. The second-order valence-corrected chi connectivity index (χ2v) is 8.30. The number of piperazine rings is 1. The predicted molar refractivity (Wildman–Crippen MR) is 116 cm³/mol. The Labute approximate surface area is 176 Å². The standard InChI is InChI=1S/C24H28FN3O2/c1-16-14-19(17(2)28(16)21-6-7-21)5-9-24(30)27-12-10-26(11-13-27)23-8-4-20(18(3)29)15-22(23)25/h4-5,8-9,14-15,21H,6-7,10-13H2,1-3H3. The first kappa shape index (κ1) is 20.4. The summed E-state index contributed by atoms with van der Waals surface area (Å²) in [6, 6.07) is 7.36. The maximum atomic E-state index is 14.4. The summed E-state index contributed by atoms with van der Waals surface area (Å²) in [6.45, 7) is 7.86. The van der Waals surface area contributed by atoms with Crippen molar-refractivity contribution < 1.29 is 14.0 Å². The van der Waals surface area contributed by atoms with E-state index in [9.17, 15) is 14.0 Å². The molecule has 4 rings (SSSR count). The second kappa shape index (κ2) is 8.09. The molecule has 1 aromatic heterocycles. The lowest BCUT2D eigenvalue weighted by atomic mass is 10.1. The first-order chi connectivity index (χ1) is 14.3. The van der Waals surface area contributed by atoms with Crippen LogP contribution in [-0.2, 0) is 4.79 Å². The van der Waals surface area contributed by atoms with Gasteiger partial charge in [0.2, 0.25) is 5.91 Å². The zero-order valence-corrected chi connectivity index (χ0v) is 17.8. The number of amides is 1. The lowest BCUT2D eigenvalue weighted by Crippen LogP contribution is -2.48. The van der Waals surface area contributed by atoms with Gasteiger partial charge in [-0.2, -0.15) is 0 Å². The van der Waals surface area contributed by atoms with Crippen LogP contribution in [-0.4, -0.2) is 47.3 Å². The summed E-state index contributed by atoms with van der Waals surface area (Å²) in [4.78, 5) is 27.8. The molecule has 6 heteroatoms. The fraction of sp³-hybridized carbons (Fsp3) is 0.417. The molecule has 2 fully saturated rings. The van der Waals surface area contributed by atoms with E-state index in [4.69, 9.17) is 0 Å². The van der Waals surface area contributed by atoms with E-state index in [2.05, 4.69) is 24.5 Å². The zero-order valence-electron chi connectivity index (χ0n) is 17.8. The Kier molecular flexibility index (Phi) is 5.50. The Morgan fingerprint density at radius 2 is 1.77 bits per heavy atom. The molecule has 1 saturated heterocycles. The number of benzene rings is 1. The molecule has 30 heavy (non-hydrogen) atoms. The van der Waals surface area contributed by atoms with Gasteiger partial charge in [-0.15, -0.1) is 0 Å². The van der Waals surface area contributed by atoms with Gasteiger partial charge in [-0.1, -0.05) is 0 Å². The quantitative estimate of drug-likeness (QED) is 0.551. The van der Waals surface area contributed by atoms with E-state index in [0.717, 1.165) is 5.56 Å². The number of ketones is 1. The normalized spacial score (nSPS) is 17.1. The van der Waals surface area contributed by atoms with Gasteiger partial charge in [-0.3, -0.25) is 9.59 Å². The number of aromatic nitrogens is 1. The molecule has 0 bridgehead atoms. The van der Waals surface area contributed by atoms with Gasteiger partial charge in [0.15, 0.2) is 5.78 Å². The van der Waals surface area contributed by atoms with E-state index >= 15 is 0 Å². The van der Waals surface area contributed by atoms with Crippen molar-refractivity contribution in [1.29, 1.82) is 0 Å². The van der Waals surface area contributed by atoms with Crippen molar-refractivity contribution in [1.82, 2.24) is 9.47 Å². The van der Waals surface area contributed by atoms with Crippen LogP contribution in [0.25, 0.3) is 6.08 Å². The van der Waals surface area contributed by atoms with Crippen molar-refractivity contribution in [3.05, 3.63) is 58.7 Å². The van der Waals surface area contributed by atoms with Crippen LogP contribution in [0.5, 0.6) is 0 Å². The number of halogens is 1. The number of Topliss-reactive ketones (excluding diaryl/α,β-unsaturated/α-hetero) is 1. The molecule has 0 N–H and O–H groups in total. The van der Waals surface area contributed by atoms with Crippen LogP contribution < -0.4 is 4.90 Å². The SMILES string of the molecule is CC(=O)c1ccc(N2CCN(C(=O)C=Cc3cc(C)n(C4CC4)c3C)CC2)c(F)c1. The summed E-state index contributed by atoms with van der Waals surface area (Å²) >= 11 is 0. The van der Waals surface area contributed by atoms with E-state index < -0.39 is 5.82 Å². The maximum absolute atomic E-state index is 14.4. The number of nitrogens with zero attached hydrogens (tertiary/aromatic N) is 3. The topological polar surface area (TPSA) is 45.6 Å². The van der Waals surface area contributed by atoms with Crippen molar-refractivity contribution in [2.24, 2.45) is 0 Å². The summed E-state index contributed by atoms with van der Waals surface area (Å²) in [7, 11) is 0. The van der Waals surface area contributed by atoms with Gasteiger partial charge < -0.3 is 14.4 Å². The van der Waals surface area contributed by atoms with Crippen molar-refractivity contribution in [2.75, 3.05) is 31.1 Å². The molecule has 2 aromatic rings. The van der Waals surface area contributed by atoms with Gasteiger partial charge in [-0.05, 0) is 69.5 Å². The molecule has 0 unspecified atom stereocenters. The minimum Gasteiger partial charge on any atom is -0.366 e. The maximum Gasteiger partial charge on any atom is 0.246 e. The predicted octanol–water partition coefficient (Wildman–Crippen LogP) is 4.14. The molecule has 1 aliphatic carbocycles. The molecule has 158 valence electrons. The highest BCUT2D eigenvalue weighted by Gasteiger charge is 2.27. The Morgan fingerprint density at radius 1 is 1.07 bits per heavy atom. The Balaban J connectivity index is 1.37. The van der Waals surface area contributed by atoms with Crippen LogP contribution in [0.3, 0.4) is 0 Å². The molecule has 0 spiro atoms. The van der Waals surface area contributed by atoms with Crippen LogP contribution in [0.1, 0.15) is 53.1 Å². The highest BCUT2D eigenvalue weighted by molar-refractivity contribution is 5.94. The van der Waals surface area contributed by atoms with Crippen LogP contribution in [0.4, 0.5) is 10.1 Å². The average Bonchev–Trinajstić information content (AvgIpc) is 3.51. The molecule has 5 nitrogen and oxygen atoms in total. The summed E-state index contributed by atoms with van der Waals surface area (Å²) in [5.74, 6) is -0.563. The van der Waals surface area contributed by atoms with Crippen LogP contribution in [0, 0.1) is 19.7 Å². The Morgan fingerprint density at radius 3 is 2.37 bits per heavy atom.